The Morgan fingerprint density at radius 2 is 2.12 bits per heavy atom. The Balaban J connectivity index is 2.12. The van der Waals surface area contributed by atoms with Gasteiger partial charge < -0.3 is 15.4 Å². The van der Waals surface area contributed by atoms with Crippen molar-refractivity contribution in [1.29, 1.82) is 0 Å². The summed E-state index contributed by atoms with van der Waals surface area (Å²) in [5.41, 5.74) is 7.75. The normalized spacial score (nSPS) is 17.1. The summed E-state index contributed by atoms with van der Waals surface area (Å²) in [5, 5.41) is 0.754. The summed E-state index contributed by atoms with van der Waals surface area (Å²) in [6.45, 7) is 2.19. The first-order valence-corrected chi connectivity index (χ1v) is 6.39. The molecule has 1 heterocycles. The highest BCUT2D eigenvalue weighted by atomic mass is 35.5. The van der Waals surface area contributed by atoms with Crippen LogP contribution in [0.15, 0.2) is 18.2 Å². The minimum absolute atomic E-state index is 0.486. The monoisotopic (exact) mass is 254 g/mol. The number of rotatable bonds is 3. The molecule has 1 aliphatic heterocycles. The zero-order valence-corrected chi connectivity index (χ0v) is 10.9. The molecule has 2 N–H and O–H groups in total. The Labute approximate surface area is 107 Å². The van der Waals surface area contributed by atoms with Crippen LogP contribution in [0.3, 0.4) is 0 Å². The summed E-state index contributed by atoms with van der Waals surface area (Å²) >= 11 is 6.18. The largest absolute Gasteiger partial charge is 0.381 e. The molecule has 1 fully saturated rings. The third-order valence-electron chi connectivity index (χ3n) is 3.40. The number of benzene rings is 1. The van der Waals surface area contributed by atoms with Crippen LogP contribution in [-0.2, 0) is 11.3 Å². The van der Waals surface area contributed by atoms with Gasteiger partial charge >= 0.3 is 0 Å². The van der Waals surface area contributed by atoms with Crippen molar-refractivity contribution < 1.29 is 4.74 Å². The Kier molecular flexibility index (Phi) is 4.26. The van der Waals surface area contributed by atoms with E-state index in [1.54, 1.807) is 0 Å². The van der Waals surface area contributed by atoms with Crippen LogP contribution in [0, 0.1) is 0 Å². The first kappa shape index (κ1) is 12.7. The van der Waals surface area contributed by atoms with Crippen LogP contribution in [0.2, 0.25) is 5.02 Å². The molecule has 17 heavy (non-hydrogen) atoms. The average molecular weight is 255 g/mol. The lowest BCUT2D eigenvalue weighted by Crippen LogP contribution is -2.36. The van der Waals surface area contributed by atoms with Gasteiger partial charge in [0.25, 0.3) is 0 Å². The fourth-order valence-corrected chi connectivity index (χ4v) is 2.46. The van der Waals surface area contributed by atoms with Crippen LogP contribution in [0.1, 0.15) is 18.4 Å². The van der Waals surface area contributed by atoms with Crippen molar-refractivity contribution in [3.8, 4) is 0 Å². The van der Waals surface area contributed by atoms with Crippen LogP contribution in [0.5, 0.6) is 0 Å². The second-order valence-corrected chi connectivity index (χ2v) is 4.84. The summed E-state index contributed by atoms with van der Waals surface area (Å²) in [6, 6.07) is 6.64. The predicted molar refractivity (Wildman–Crippen MR) is 71.6 cm³/mol. The van der Waals surface area contributed by atoms with Crippen LogP contribution in [-0.4, -0.2) is 26.3 Å². The van der Waals surface area contributed by atoms with Gasteiger partial charge in [0.1, 0.15) is 0 Å². The van der Waals surface area contributed by atoms with Crippen LogP contribution in [0.25, 0.3) is 0 Å². The first-order chi connectivity index (χ1) is 8.22. The molecule has 4 heteroatoms. The number of halogens is 1. The smallest absolute Gasteiger partial charge is 0.0485 e. The fourth-order valence-electron chi connectivity index (χ4n) is 2.20. The summed E-state index contributed by atoms with van der Waals surface area (Å²) in [6.07, 6.45) is 2.15. The highest BCUT2D eigenvalue weighted by Crippen LogP contribution is 2.26. The van der Waals surface area contributed by atoms with E-state index in [1.165, 1.54) is 0 Å². The van der Waals surface area contributed by atoms with Gasteiger partial charge in [0, 0.05) is 43.6 Å². The van der Waals surface area contributed by atoms with Gasteiger partial charge in [0.15, 0.2) is 0 Å². The zero-order chi connectivity index (χ0) is 12.3. The van der Waals surface area contributed by atoms with E-state index in [1.807, 2.05) is 12.1 Å². The van der Waals surface area contributed by atoms with E-state index in [0.717, 1.165) is 42.3 Å². The van der Waals surface area contributed by atoms with Crippen molar-refractivity contribution in [2.75, 3.05) is 25.2 Å². The Morgan fingerprint density at radius 1 is 1.41 bits per heavy atom. The summed E-state index contributed by atoms with van der Waals surface area (Å²) in [7, 11) is 2.11. The molecule has 0 saturated carbocycles. The van der Waals surface area contributed by atoms with Crippen molar-refractivity contribution in [3.05, 3.63) is 28.8 Å². The SMILES string of the molecule is CN(c1ccc(CN)c(Cl)c1)C1CCOCC1. The van der Waals surface area contributed by atoms with Crippen molar-refractivity contribution in [1.82, 2.24) is 0 Å². The van der Waals surface area contributed by atoms with Gasteiger partial charge in [0.05, 0.1) is 0 Å². The predicted octanol–water partition coefficient (Wildman–Crippen LogP) is 2.41. The number of anilines is 1. The van der Waals surface area contributed by atoms with E-state index in [-0.39, 0.29) is 0 Å². The molecular weight excluding hydrogens is 236 g/mol. The molecule has 1 aromatic rings. The zero-order valence-electron chi connectivity index (χ0n) is 10.2. The van der Waals surface area contributed by atoms with E-state index in [4.69, 9.17) is 22.1 Å². The van der Waals surface area contributed by atoms with Gasteiger partial charge in [-0.1, -0.05) is 17.7 Å². The maximum Gasteiger partial charge on any atom is 0.0485 e. The molecule has 2 rings (SSSR count). The molecule has 0 aliphatic carbocycles. The van der Waals surface area contributed by atoms with Crippen LogP contribution in [0.4, 0.5) is 5.69 Å². The molecule has 0 aromatic heterocycles. The number of hydrogen-bond donors (Lipinski definition) is 1. The fraction of sp³-hybridized carbons (Fsp3) is 0.538. The molecular formula is C13H19ClN2O. The quantitative estimate of drug-likeness (QED) is 0.900. The van der Waals surface area contributed by atoms with Gasteiger partial charge in [-0.3, -0.25) is 0 Å². The molecule has 3 nitrogen and oxygen atoms in total. The lowest BCUT2D eigenvalue weighted by atomic mass is 10.1. The van der Waals surface area contributed by atoms with Gasteiger partial charge in [-0.15, -0.1) is 0 Å². The van der Waals surface area contributed by atoms with Crippen molar-refractivity contribution in [3.63, 3.8) is 0 Å². The van der Waals surface area contributed by atoms with Gasteiger partial charge in [-0.25, -0.2) is 0 Å². The summed E-state index contributed by atoms with van der Waals surface area (Å²) in [5.74, 6) is 0. The molecule has 1 aliphatic rings. The Hall–Kier alpha value is -0.770. The molecule has 0 spiro atoms. The standard InChI is InChI=1S/C13H19ClN2O/c1-16(11-4-6-17-7-5-11)12-3-2-10(9-15)13(14)8-12/h2-3,8,11H,4-7,9,15H2,1H3. The number of nitrogens with two attached hydrogens (primary N) is 1. The molecule has 0 radical (unpaired) electrons. The third kappa shape index (κ3) is 2.92. The Morgan fingerprint density at radius 3 is 2.71 bits per heavy atom. The second kappa shape index (κ2) is 5.71. The number of hydrogen-bond acceptors (Lipinski definition) is 3. The summed E-state index contributed by atoms with van der Waals surface area (Å²) < 4.78 is 5.38. The third-order valence-corrected chi connectivity index (χ3v) is 3.75. The molecule has 0 atom stereocenters. The van der Waals surface area contributed by atoms with Crippen molar-refractivity contribution in [2.24, 2.45) is 5.73 Å². The van der Waals surface area contributed by atoms with Gasteiger partial charge in [0.2, 0.25) is 0 Å². The molecule has 0 unspecified atom stereocenters. The molecule has 94 valence electrons. The van der Waals surface area contributed by atoms with Crippen molar-refractivity contribution in [2.45, 2.75) is 25.4 Å². The minimum Gasteiger partial charge on any atom is -0.381 e. The molecule has 1 aromatic carbocycles. The van der Waals surface area contributed by atoms with E-state index < -0.39 is 0 Å². The van der Waals surface area contributed by atoms with E-state index in [9.17, 15) is 0 Å². The second-order valence-electron chi connectivity index (χ2n) is 4.43. The van der Waals surface area contributed by atoms with E-state index in [0.29, 0.717) is 12.6 Å². The lowest BCUT2D eigenvalue weighted by molar-refractivity contribution is 0.0855. The molecule has 1 saturated heterocycles. The van der Waals surface area contributed by atoms with Gasteiger partial charge in [-0.2, -0.15) is 0 Å². The highest BCUT2D eigenvalue weighted by Gasteiger charge is 2.19. The van der Waals surface area contributed by atoms with Gasteiger partial charge in [-0.05, 0) is 30.5 Å². The maximum absolute atomic E-state index is 6.18. The highest BCUT2D eigenvalue weighted by molar-refractivity contribution is 6.31. The number of nitrogens with zero attached hydrogens (tertiary/aromatic N) is 1. The topological polar surface area (TPSA) is 38.5 Å². The molecule has 0 bridgehead atoms. The minimum atomic E-state index is 0.486. The van der Waals surface area contributed by atoms with Crippen molar-refractivity contribution >= 4 is 17.3 Å². The van der Waals surface area contributed by atoms with E-state index in [2.05, 4.69) is 18.0 Å². The maximum atomic E-state index is 6.18. The lowest BCUT2D eigenvalue weighted by Gasteiger charge is -2.33. The summed E-state index contributed by atoms with van der Waals surface area (Å²) in [4.78, 5) is 2.29. The molecule has 0 amide bonds. The van der Waals surface area contributed by atoms with E-state index >= 15 is 0 Å². The van der Waals surface area contributed by atoms with Crippen LogP contribution < -0.4 is 10.6 Å². The first-order valence-electron chi connectivity index (χ1n) is 6.01. The van der Waals surface area contributed by atoms with Crippen LogP contribution >= 0.6 is 11.6 Å². The number of ether oxygens (including phenoxy) is 1. The average Bonchev–Trinajstić information content (AvgIpc) is 2.39. The Bertz CT molecular complexity index is 378.